The lowest BCUT2D eigenvalue weighted by molar-refractivity contribution is 0.314. The molecule has 1 N–H and O–H groups in total. The fourth-order valence-corrected chi connectivity index (χ4v) is 2.68. The zero-order chi connectivity index (χ0) is 17.4. The van der Waals surface area contributed by atoms with E-state index in [4.69, 9.17) is 37.4 Å². The van der Waals surface area contributed by atoms with Gasteiger partial charge in [-0.1, -0.05) is 29.3 Å². The van der Waals surface area contributed by atoms with Crippen LogP contribution < -0.4 is 19.5 Å². The van der Waals surface area contributed by atoms with Gasteiger partial charge in [0.05, 0.1) is 19.2 Å². The van der Waals surface area contributed by atoms with Gasteiger partial charge in [-0.25, -0.2) is 0 Å². The molecule has 0 saturated heterocycles. The summed E-state index contributed by atoms with van der Waals surface area (Å²) in [5, 5.41) is 4.45. The molecule has 0 fully saturated rings. The van der Waals surface area contributed by atoms with Gasteiger partial charge in [0, 0.05) is 11.6 Å². The van der Waals surface area contributed by atoms with Crippen LogP contribution in [0.4, 0.5) is 0 Å². The molecule has 0 aliphatic rings. The largest absolute Gasteiger partial charge is 0.493 e. The minimum absolute atomic E-state index is 0.521. The van der Waals surface area contributed by atoms with Gasteiger partial charge >= 0.3 is 0 Å². The average Bonchev–Trinajstić information content (AvgIpc) is 2.59. The molecule has 6 heteroatoms. The zero-order valence-electron chi connectivity index (χ0n) is 13.8. The van der Waals surface area contributed by atoms with Gasteiger partial charge in [0.1, 0.15) is 12.4 Å². The van der Waals surface area contributed by atoms with E-state index in [0.717, 1.165) is 31.0 Å². The fourth-order valence-electron chi connectivity index (χ4n) is 2.22. The molecular formula is C18H21Cl2NO3. The molecule has 2 aromatic rings. The van der Waals surface area contributed by atoms with Crippen LogP contribution in [0.2, 0.25) is 10.0 Å². The summed E-state index contributed by atoms with van der Waals surface area (Å²) in [7, 11) is 3.27. The third-order valence-electron chi connectivity index (χ3n) is 3.47. The van der Waals surface area contributed by atoms with Gasteiger partial charge in [0.25, 0.3) is 0 Å². The van der Waals surface area contributed by atoms with E-state index in [9.17, 15) is 0 Å². The number of ether oxygens (including phenoxy) is 3. The van der Waals surface area contributed by atoms with E-state index in [0.29, 0.717) is 22.4 Å². The summed E-state index contributed by atoms with van der Waals surface area (Å²) in [5.41, 5.74) is 1.18. The lowest BCUT2D eigenvalue weighted by Crippen LogP contribution is -2.23. The molecule has 0 amide bonds. The Hall–Kier alpha value is -1.62. The predicted octanol–water partition coefficient (Wildman–Crippen LogP) is 4.22. The second kappa shape index (κ2) is 9.62. The molecule has 0 aromatic heterocycles. The molecule has 4 nitrogen and oxygen atoms in total. The highest BCUT2D eigenvalue weighted by Gasteiger charge is 2.04. The van der Waals surface area contributed by atoms with Crippen molar-refractivity contribution in [3.8, 4) is 17.2 Å². The van der Waals surface area contributed by atoms with Crippen molar-refractivity contribution in [2.45, 2.75) is 6.42 Å². The predicted molar refractivity (Wildman–Crippen MR) is 98.1 cm³/mol. The fraction of sp³-hybridized carbons (Fsp3) is 0.333. The molecule has 0 atom stereocenters. The van der Waals surface area contributed by atoms with E-state index in [2.05, 4.69) is 5.32 Å². The molecule has 2 rings (SSSR count). The number of rotatable bonds is 9. The number of hydrogen-bond donors (Lipinski definition) is 1. The SMILES string of the molecule is COc1ccc(CCNCCOc2ccc(Cl)cc2Cl)cc1OC. The van der Waals surface area contributed by atoms with E-state index in [1.807, 2.05) is 18.2 Å². The molecular weight excluding hydrogens is 349 g/mol. The maximum atomic E-state index is 6.05. The molecule has 0 radical (unpaired) electrons. The Labute approximate surface area is 152 Å². The van der Waals surface area contributed by atoms with Crippen molar-refractivity contribution in [1.29, 1.82) is 0 Å². The zero-order valence-corrected chi connectivity index (χ0v) is 15.3. The first-order valence-corrected chi connectivity index (χ1v) is 8.39. The summed E-state index contributed by atoms with van der Waals surface area (Å²) in [6.45, 7) is 2.10. The molecule has 0 aliphatic carbocycles. The molecule has 0 bridgehead atoms. The Morgan fingerprint density at radius 1 is 0.875 bits per heavy atom. The van der Waals surface area contributed by atoms with Gasteiger partial charge in [0.2, 0.25) is 0 Å². The first kappa shape index (κ1) is 18.7. The van der Waals surface area contributed by atoms with Crippen LogP contribution in [0.3, 0.4) is 0 Å². The average molecular weight is 370 g/mol. The van der Waals surface area contributed by atoms with Crippen molar-refractivity contribution in [3.05, 3.63) is 52.0 Å². The van der Waals surface area contributed by atoms with Crippen LogP contribution >= 0.6 is 23.2 Å². The van der Waals surface area contributed by atoms with Crippen molar-refractivity contribution in [3.63, 3.8) is 0 Å². The van der Waals surface area contributed by atoms with E-state index in [1.165, 1.54) is 5.56 Å². The molecule has 0 unspecified atom stereocenters. The molecule has 0 heterocycles. The summed E-state index contributed by atoms with van der Waals surface area (Å²) in [6.07, 6.45) is 0.891. The number of hydrogen-bond acceptors (Lipinski definition) is 4. The van der Waals surface area contributed by atoms with Crippen molar-refractivity contribution in [1.82, 2.24) is 5.32 Å². The summed E-state index contributed by atoms with van der Waals surface area (Å²) >= 11 is 11.9. The first-order chi connectivity index (χ1) is 11.6. The van der Waals surface area contributed by atoms with Crippen LogP contribution in [0.15, 0.2) is 36.4 Å². The van der Waals surface area contributed by atoms with Crippen LogP contribution in [0, 0.1) is 0 Å². The topological polar surface area (TPSA) is 39.7 Å². The maximum absolute atomic E-state index is 6.05. The van der Waals surface area contributed by atoms with E-state index in [-0.39, 0.29) is 0 Å². The molecule has 24 heavy (non-hydrogen) atoms. The third-order valence-corrected chi connectivity index (χ3v) is 4.00. The van der Waals surface area contributed by atoms with Gasteiger partial charge in [0.15, 0.2) is 11.5 Å². The summed E-state index contributed by atoms with van der Waals surface area (Å²) in [6, 6.07) is 11.1. The third kappa shape index (κ3) is 5.48. The highest BCUT2D eigenvalue weighted by molar-refractivity contribution is 6.35. The van der Waals surface area contributed by atoms with Crippen molar-refractivity contribution in [2.75, 3.05) is 33.9 Å². The minimum Gasteiger partial charge on any atom is -0.493 e. The molecule has 0 aliphatic heterocycles. The highest BCUT2D eigenvalue weighted by Crippen LogP contribution is 2.28. The molecule has 130 valence electrons. The summed E-state index contributed by atoms with van der Waals surface area (Å²) in [4.78, 5) is 0. The lowest BCUT2D eigenvalue weighted by atomic mass is 10.1. The quantitative estimate of drug-likeness (QED) is 0.671. The molecule has 0 saturated carbocycles. The Morgan fingerprint density at radius 2 is 1.62 bits per heavy atom. The normalized spacial score (nSPS) is 10.5. The van der Waals surface area contributed by atoms with E-state index in [1.54, 1.807) is 32.4 Å². The van der Waals surface area contributed by atoms with Crippen LogP contribution in [0.25, 0.3) is 0 Å². The highest BCUT2D eigenvalue weighted by atomic mass is 35.5. The van der Waals surface area contributed by atoms with Gasteiger partial charge in [-0.15, -0.1) is 0 Å². The van der Waals surface area contributed by atoms with Gasteiger partial charge < -0.3 is 19.5 Å². The number of methoxy groups -OCH3 is 2. The number of benzene rings is 2. The Morgan fingerprint density at radius 3 is 2.33 bits per heavy atom. The summed E-state index contributed by atoms with van der Waals surface area (Å²) < 4.78 is 16.2. The second-order valence-corrected chi connectivity index (χ2v) is 5.96. The standard InChI is InChI=1S/C18H21Cl2NO3/c1-22-17-5-3-13(11-18(17)23-2)7-8-21-9-10-24-16-6-4-14(19)12-15(16)20/h3-6,11-12,21H,7-10H2,1-2H3. The Kier molecular flexibility index (Phi) is 7.50. The maximum Gasteiger partial charge on any atom is 0.160 e. The minimum atomic E-state index is 0.521. The van der Waals surface area contributed by atoms with Crippen molar-refractivity contribution >= 4 is 23.2 Å². The van der Waals surface area contributed by atoms with E-state index >= 15 is 0 Å². The van der Waals surface area contributed by atoms with Gasteiger partial charge in [-0.05, 0) is 48.9 Å². The second-order valence-electron chi connectivity index (χ2n) is 5.11. The van der Waals surface area contributed by atoms with Crippen LogP contribution in [-0.2, 0) is 6.42 Å². The van der Waals surface area contributed by atoms with Crippen molar-refractivity contribution < 1.29 is 14.2 Å². The lowest BCUT2D eigenvalue weighted by Gasteiger charge is -2.11. The van der Waals surface area contributed by atoms with Crippen LogP contribution in [-0.4, -0.2) is 33.9 Å². The van der Waals surface area contributed by atoms with Crippen LogP contribution in [0.5, 0.6) is 17.2 Å². The first-order valence-electron chi connectivity index (χ1n) is 7.63. The van der Waals surface area contributed by atoms with Gasteiger partial charge in [-0.3, -0.25) is 0 Å². The van der Waals surface area contributed by atoms with Gasteiger partial charge in [-0.2, -0.15) is 0 Å². The van der Waals surface area contributed by atoms with Crippen molar-refractivity contribution in [2.24, 2.45) is 0 Å². The monoisotopic (exact) mass is 369 g/mol. The summed E-state index contributed by atoms with van der Waals surface area (Å²) in [5.74, 6) is 2.13. The molecule has 2 aromatic carbocycles. The Bertz CT molecular complexity index is 665. The molecule has 0 spiro atoms. The van der Waals surface area contributed by atoms with E-state index < -0.39 is 0 Å². The van der Waals surface area contributed by atoms with Crippen LogP contribution in [0.1, 0.15) is 5.56 Å². The number of halogens is 2. The Balaban J connectivity index is 1.69. The number of nitrogens with one attached hydrogen (secondary N) is 1. The smallest absolute Gasteiger partial charge is 0.160 e.